The third-order valence-electron chi connectivity index (χ3n) is 10.4. The molecule has 5 rings (SSSR count). The van der Waals surface area contributed by atoms with Crippen LogP contribution >= 0.6 is 11.3 Å². The lowest BCUT2D eigenvalue weighted by molar-refractivity contribution is -0.131. The summed E-state index contributed by atoms with van der Waals surface area (Å²) in [5, 5.41) is 31.2. The number of amides is 5. The Morgan fingerprint density at radius 1 is 0.949 bits per heavy atom. The molecule has 1 saturated heterocycles. The standard InChI is InChI=1S/C43H56N8O7S/c1-6-29(4)39(51-21-20-49(43(51)57)24-33-27-59-37(45-33)26-58-5)41(54)46-35(22-30-12-8-7-9-13-30)36(52)25-50(48-40(53)38(28(2)3)47-42(55)56)23-31-15-17-32(18-16-31)34-14-10-11-19-44-34/h7-19,27-29,35-36,38-39,47,52H,6,20-26H2,1-5H3,(H,46,54)(H,48,53)(H,55,56)/t29-,35-,36-,38-,39-/m0/s1. The number of nitrogens with one attached hydrogen (secondary N) is 3. The molecular formula is C43H56N8O7S. The molecule has 0 saturated carbocycles. The number of carboxylic acid groups (broad SMARTS) is 1. The highest BCUT2D eigenvalue weighted by molar-refractivity contribution is 7.09. The number of nitrogens with zero attached hydrogens (tertiary/aromatic N) is 5. The van der Waals surface area contributed by atoms with Crippen LogP contribution in [0.5, 0.6) is 0 Å². The monoisotopic (exact) mass is 828 g/mol. The average molecular weight is 829 g/mol. The molecule has 15 nitrogen and oxygen atoms in total. The minimum Gasteiger partial charge on any atom is -0.465 e. The van der Waals surface area contributed by atoms with Crippen LogP contribution in [-0.2, 0) is 40.4 Å². The van der Waals surface area contributed by atoms with Gasteiger partial charge in [0.15, 0.2) is 0 Å². The second kappa shape index (κ2) is 21.5. The summed E-state index contributed by atoms with van der Waals surface area (Å²) in [6.07, 6.45) is 0.0298. The van der Waals surface area contributed by atoms with Crippen molar-refractivity contribution in [1.29, 1.82) is 0 Å². The lowest BCUT2D eigenvalue weighted by Crippen LogP contribution is -2.59. The van der Waals surface area contributed by atoms with Gasteiger partial charge in [-0.05, 0) is 41.5 Å². The minimum atomic E-state index is -1.34. The quantitative estimate of drug-likeness (QED) is 0.0722. The molecular weight excluding hydrogens is 773 g/mol. The highest BCUT2D eigenvalue weighted by Gasteiger charge is 2.41. The Morgan fingerprint density at radius 2 is 1.68 bits per heavy atom. The molecule has 0 bridgehead atoms. The number of carbonyl (C=O) groups excluding carboxylic acids is 3. The Bertz CT molecular complexity index is 1970. The van der Waals surface area contributed by atoms with Gasteiger partial charge in [-0.25, -0.2) is 19.6 Å². The van der Waals surface area contributed by atoms with Gasteiger partial charge < -0.3 is 35.4 Å². The number of ether oxygens (including phenoxy) is 1. The molecule has 5 atom stereocenters. The number of pyridine rings is 1. The number of carbonyl (C=O) groups is 4. The highest BCUT2D eigenvalue weighted by Crippen LogP contribution is 2.24. The van der Waals surface area contributed by atoms with E-state index in [2.05, 4.69) is 26.0 Å². The van der Waals surface area contributed by atoms with E-state index in [1.165, 1.54) is 16.3 Å². The topological polar surface area (TPSA) is 190 Å². The van der Waals surface area contributed by atoms with Crippen molar-refractivity contribution in [2.45, 2.75) is 84.5 Å². The predicted molar refractivity (Wildman–Crippen MR) is 225 cm³/mol. The van der Waals surface area contributed by atoms with E-state index in [4.69, 9.17) is 4.74 Å². The number of methoxy groups -OCH3 is 1. The Labute approximate surface area is 349 Å². The van der Waals surface area contributed by atoms with Gasteiger partial charge in [-0.1, -0.05) is 94.8 Å². The molecule has 2 aromatic carbocycles. The first-order chi connectivity index (χ1) is 28.4. The summed E-state index contributed by atoms with van der Waals surface area (Å²) in [6, 6.07) is 19.7. The largest absolute Gasteiger partial charge is 0.465 e. The zero-order valence-electron chi connectivity index (χ0n) is 34.3. The van der Waals surface area contributed by atoms with Crippen LogP contribution < -0.4 is 16.1 Å². The minimum absolute atomic E-state index is 0.132. The summed E-state index contributed by atoms with van der Waals surface area (Å²) < 4.78 is 5.20. The number of hydrogen-bond donors (Lipinski definition) is 5. The number of hydrogen-bond acceptors (Lipinski definition) is 10. The summed E-state index contributed by atoms with van der Waals surface area (Å²) in [6.45, 7) is 8.87. The lowest BCUT2D eigenvalue weighted by atomic mass is 9.95. The van der Waals surface area contributed by atoms with Gasteiger partial charge in [0.05, 0.1) is 36.7 Å². The van der Waals surface area contributed by atoms with E-state index in [9.17, 15) is 29.4 Å². The second-order valence-electron chi connectivity index (χ2n) is 15.2. The average Bonchev–Trinajstić information content (AvgIpc) is 3.82. The summed E-state index contributed by atoms with van der Waals surface area (Å²) in [5.74, 6) is -1.57. The van der Waals surface area contributed by atoms with Crippen molar-refractivity contribution in [3.8, 4) is 11.3 Å². The maximum Gasteiger partial charge on any atom is 0.405 e. The molecule has 16 heteroatoms. The summed E-state index contributed by atoms with van der Waals surface area (Å²) in [7, 11) is 1.61. The molecule has 1 fully saturated rings. The summed E-state index contributed by atoms with van der Waals surface area (Å²) in [5.41, 5.74) is 6.97. The van der Waals surface area contributed by atoms with Crippen LogP contribution in [0.15, 0.2) is 84.4 Å². The van der Waals surface area contributed by atoms with Crippen molar-refractivity contribution in [2.24, 2.45) is 11.8 Å². The van der Waals surface area contributed by atoms with Gasteiger partial charge in [0.2, 0.25) is 5.91 Å². The van der Waals surface area contributed by atoms with Gasteiger partial charge in [0, 0.05) is 50.4 Å². The van der Waals surface area contributed by atoms with E-state index < -0.39 is 42.1 Å². The van der Waals surface area contributed by atoms with Gasteiger partial charge in [-0.3, -0.25) is 20.0 Å². The molecule has 5 N–H and O–H groups in total. The van der Waals surface area contributed by atoms with Crippen LogP contribution in [0.3, 0.4) is 0 Å². The molecule has 0 aliphatic carbocycles. The van der Waals surface area contributed by atoms with Crippen LogP contribution in [-0.4, -0.2) is 110 Å². The predicted octanol–water partition coefficient (Wildman–Crippen LogP) is 4.92. The number of urea groups is 1. The maximum absolute atomic E-state index is 14.5. The summed E-state index contributed by atoms with van der Waals surface area (Å²) in [4.78, 5) is 65.9. The number of benzene rings is 2. The molecule has 0 unspecified atom stereocenters. The van der Waals surface area contributed by atoms with Crippen LogP contribution in [0, 0.1) is 11.8 Å². The smallest absolute Gasteiger partial charge is 0.405 e. The van der Waals surface area contributed by atoms with Crippen LogP contribution in [0.2, 0.25) is 0 Å². The molecule has 1 aliphatic rings. The molecule has 316 valence electrons. The van der Waals surface area contributed by atoms with E-state index in [1.54, 1.807) is 37.0 Å². The van der Waals surface area contributed by atoms with E-state index >= 15 is 0 Å². The van der Waals surface area contributed by atoms with E-state index in [-0.39, 0.29) is 37.4 Å². The third-order valence-corrected chi connectivity index (χ3v) is 11.3. The first-order valence-corrected chi connectivity index (χ1v) is 20.8. The van der Waals surface area contributed by atoms with Crippen LogP contribution in [0.1, 0.15) is 55.9 Å². The number of rotatable bonds is 21. The van der Waals surface area contributed by atoms with Crippen molar-refractivity contribution in [2.75, 3.05) is 26.7 Å². The Morgan fingerprint density at radius 3 is 2.32 bits per heavy atom. The van der Waals surface area contributed by atoms with Crippen molar-refractivity contribution < 1.29 is 34.1 Å². The highest BCUT2D eigenvalue weighted by atomic mass is 32.1. The van der Waals surface area contributed by atoms with E-state index in [0.29, 0.717) is 32.7 Å². The fourth-order valence-electron chi connectivity index (χ4n) is 7.09. The number of aliphatic hydroxyl groups is 1. The number of aliphatic hydroxyl groups excluding tert-OH is 1. The Balaban J connectivity index is 1.38. The van der Waals surface area contributed by atoms with Crippen molar-refractivity contribution in [1.82, 2.24) is 40.8 Å². The van der Waals surface area contributed by atoms with Gasteiger partial charge in [0.1, 0.15) is 17.1 Å². The molecule has 59 heavy (non-hydrogen) atoms. The molecule has 4 aromatic rings. The molecule has 0 radical (unpaired) electrons. The van der Waals surface area contributed by atoms with Crippen LogP contribution in [0.4, 0.5) is 9.59 Å². The van der Waals surface area contributed by atoms with Crippen molar-refractivity contribution >= 4 is 35.3 Å². The van der Waals surface area contributed by atoms with Crippen molar-refractivity contribution in [3.05, 3.63) is 106 Å². The molecule has 2 aromatic heterocycles. The second-order valence-corrected chi connectivity index (χ2v) is 16.1. The first-order valence-electron chi connectivity index (χ1n) is 19.9. The third kappa shape index (κ3) is 12.5. The van der Waals surface area contributed by atoms with Crippen LogP contribution in [0.25, 0.3) is 11.3 Å². The molecule has 3 heterocycles. The van der Waals surface area contributed by atoms with Crippen molar-refractivity contribution in [3.63, 3.8) is 0 Å². The molecule has 0 spiro atoms. The fourth-order valence-corrected chi connectivity index (χ4v) is 7.85. The molecule has 5 amide bonds. The SMILES string of the molecule is CC[C@H](C)[C@@H](C(=O)N[C@@H](Cc1ccccc1)[C@@H](O)CN(Cc1ccc(-c2ccccn2)cc1)NC(=O)[C@@H](NC(=O)O)C(C)C)N1CCN(Cc2csc(COC)n2)C1=O. The Kier molecular flexibility index (Phi) is 16.3. The van der Waals surface area contributed by atoms with Gasteiger partial charge in [-0.2, -0.15) is 0 Å². The number of thiazole rings is 1. The zero-order chi connectivity index (χ0) is 42.5. The number of aromatic nitrogens is 2. The lowest BCUT2D eigenvalue weighted by Gasteiger charge is -2.35. The number of hydrazine groups is 1. The maximum atomic E-state index is 14.5. The van der Waals surface area contributed by atoms with E-state index in [1.807, 2.05) is 92.0 Å². The van der Waals surface area contributed by atoms with E-state index in [0.717, 1.165) is 33.1 Å². The zero-order valence-corrected chi connectivity index (χ0v) is 35.1. The Hall–Kier alpha value is -5.42. The van der Waals surface area contributed by atoms with Gasteiger partial charge in [-0.15, -0.1) is 11.3 Å². The summed E-state index contributed by atoms with van der Waals surface area (Å²) >= 11 is 1.47. The first kappa shape index (κ1) is 44.7. The normalized spacial score (nSPS) is 15.5. The van der Waals surface area contributed by atoms with Gasteiger partial charge in [0.25, 0.3) is 5.91 Å². The molecule has 1 aliphatic heterocycles. The van der Waals surface area contributed by atoms with Gasteiger partial charge >= 0.3 is 12.1 Å². The fraction of sp³-hybridized carbons (Fsp3) is 0.442.